The van der Waals surface area contributed by atoms with Crippen molar-refractivity contribution in [3.05, 3.63) is 35.4 Å². The average molecular weight is 248 g/mol. The van der Waals surface area contributed by atoms with Crippen molar-refractivity contribution in [2.24, 2.45) is 0 Å². The van der Waals surface area contributed by atoms with Gasteiger partial charge in [0.15, 0.2) is 0 Å². The molecule has 1 aliphatic heterocycles. The zero-order valence-electron chi connectivity index (χ0n) is 11.4. The Labute approximate surface area is 110 Å². The number of nitrogens with zero attached hydrogens (tertiary/aromatic N) is 1. The first-order valence-corrected chi connectivity index (χ1v) is 6.77. The Morgan fingerprint density at radius 2 is 1.78 bits per heavy atom. The maximum absolute atomic E-state index is 9.98. The molecule has 18 heavy (non-hydrogen) atoms. The highest BCUT2D eigenvalue weighted by atomic mass is 16.3. The van der Waals surface area contributed by atoms with Crippen molar-refractivity contribution in [1.82, 2.24) is 10.2 Å². The van der Waals surface area contributed by atoms with E-state index in [1.807, 2.05) is 13.8 Å². The summed E-state index contributed by atoms with van der Waals surface area (Å²) in [6.07, 6.45) is 0.718. The van der Waals surface area contributed by atoms with Crippen molar-refractivity contribution in [2.75, 3.05) is 26.2 Å². The number of aliphatic hydroxyl groups is 1. The van der Waals surface area contributed by atoms with Crippen molar-refractivity contribution < 1.29 is 5.11 Å². The lowest BCUT2D eigenvalue weighted by Gasteiger charge is -2.28. The lowest BCUT2D eigenvalue weighted by molar-refractivity contribution is 0.0805. The molecule has 2 rings (SSSR count). The van der Waals surface area contributed by atoms with Crippen LogP contribution in [-0.4, -0.2) is 41.8 Å². The van der Waals surface area contributed by atoms with Gasteiger partial charge in [-0.1, -0.05) is 24.3 Å². The number of nitrogens with one attached hydrogen (secondary N) is 1. The van der Waals surface area contributed by atoms with E-state index in [0.717, 1.165) is 39.1 Å². The van der Waals surface area contributed by atoms with Gasteiger partial charge in [0.1, 0.15) is 0 Å². The van der Waals surface area contributed by atoms with E-state index in [-0.39, 0.29) is 0 Å². The van der Waals surface area contributed by atoms with Gasteiger partial charge in [0.05, 0.1) is 5.60 Å². The fraction of sp³-hybridized carbons (Fsp3) is 0.600. The number of hydrogen-bond donors (Lipinski definition) is 2. The molecule has 0 amide bonds. The number of rotatable bonds is 4. The molecule has 0 spiro atoms. The van der Waals surface area contributed by atoms with Gasteiger partial charge in [-0.3, -0.25) is 4.90 Å². The third-order valence-corrected chi connectivity index (χ3v) is 3.35. The number of piperazine rings is 1. The molecule has 3 nitrogen and oxygen atoms in total. The van der Waals surface area contributed by atoms with Gasteiger partial charge in [-0.2, -0.15) is 0 Å². The molecule has 0 bridgehead atoms. The Morgan fingerprint density at radius 3 is 2.39 bits per heavy atom. The fourth-order valence-electron chi connectivity index (χ4n) is 2.46. The van der Waals surface area contributed by atoms with Crippen molar-refractivity contribution in [3.8, 4) is 0 Å². The quantitative estimate of drug-likeness (QED) is 0.845. The molecule has 100 valence electrons. The SMILES string of the molecule is CC(C)(O)Cc1ccccc1CN1CCNCC1. The predicted octanol–water partition coefficient (Wildman–Crippen LogP) is 1.41. The van der Waals surface area contributed by atoms with Gasteiger partial charge in [-0.15, -0.1) is 0 Å². The van der Waals surface area contributed by atoms with E-state index in [1.54, 1.807) is 0 Å². The molecule has 1 fully saturated rings. The summed E-state index contributed by atoms with van der Waals surface area (Å²) in [5.74, 6) is 0. The van der Waals surface area contributed by atoms with Crippen LogP contribution in [0.4, 0.5) is 0 Å². The highest BCUT2D eigenvalue weighted by molar-refractivity contribution is 5.28. The largest absolute Gasteiger partial charge is 0.390 e. The van der Waals surface area contributed by atoms with Gasteiger partial charge in [0.25, 0.3) is 0 Å². The highest BCUT2D eigenvalue weighted by Crippen LogP contribution is 2.18. The zero-order valence-corrected chi connectivity index (χ0v) is 11.4. The lowest BCUT2D eigenvalue weighted by atomic mass is 9.94. The van der Waals surface area contributed by atoms with Crippen LogP contribution in [0.5, 0.6) is 0 Å². The first-order valence-electron chi connectivity index (χ1n) is 6.77. The van der Waals surface area contributed by atoms with Gasteiger partial charge in [0, 0.05) is 39.1 Å². The summed E-state index contributed by atoms with van der Waals surface area (Å²) in [4.78, 5) is 2.47. The summed E-state index contributed by atoms with van der Waals surface area (Å²) in [5.41, 5.74) is 1.98. The van der Waals surface area contributed by atoms with E-state index < -0.39 is 5.60 Å². The molecule has 1 aromatic carbocycles. The first-order chi connectivity index (χ1) is 8.54. The molecule has 0 aromatic heterocycles. The van der Waals surface area contributed by atoms with Crippen LogP contribution in [0.25, 0.3) is 0 Å². The summed E-state index contributed by atoms with van der Waals surface area (Å²) in [6.45, 7) is 9.10. The van der Waals surface area contributed by atoms with Crippen LogP contribution in [0.1, 0.15) is 25.0 Å². The second-order valence-corrected chi connectivity index (χ2v) is 5.78. The van der Waals surface area contributed by atoms with Gasteiger partial charge in [-0.05, 0) is 25.0 Å². The second kappa shape index (κ2) is 5.83. The average Bonchev–Trinajstić information content (AvgIpc) is 2.31. The number of hydrogen-bond acceptors (Lipinski definition) is 3. The van der Waals surface area contributed by atoms with E-state index in [0.29, 0.717) is 0 Å². The maximum Gasteiger partial charge on any atom is 0.0632 e. The Hall–Kier alpha value is -0.900. The minimum absolute atomic E-state index is 0.639. The van der Waals surface area contributed by atoms with Gasteiger partial charge >= 0.3 is 0 Å². The number of benzene rings is 1. The third-order valence-electron chi connectivity index (χ3n) is 3.35. The van der Waals surface area contributed by atoms with Crippen molar-refractivity contribution in [1.29, 1.82) is 0 Å². The zero-order chi connectivity index (χ0) is 13.0. The normalized spacial score (nSPS) is 17.9. The van der Waals surface area contributed by atoms with E-state index in [1.165, 1.54) is 11.1 Å². The predicted molar refractivity (Wildman–Crippen MR) is 74.6 cm³/mol. The van der Waals surface area contributed by atoms with Crippen LogP contribution in [0.2, 0.25) is 0 Å². The van der Waals surface area contributed by atoms with Crippen LogP contribution >= 0.6 is 0 Å². The Bertz CT molecular complexity index is 378. The molecule has 1 saturated heterocycles. The molecule has 0 saturated carbocycles. The fourth-order valence-corrected chi connectivity index (χ4v) is 2.46. The highest BCUT2D eigenvalue weighted by Gasteiger charge is 2.17. The third kappa shape index (κ3) is 4.09. The van der Waals surface area contributed by atoms with Gasteiger partial charge in [0.2, 0.25) is 0 Å². The van der Waals surface area contributed by atoms with Crippen LogP contribution < -0.4 is 5.32 Å². The minimum atomic E-state index is -0.639. The molecular weight excluding hydrogens is 224 g/mol. The van der Waals surface area contributed by atoms with Crippen LogP contribution in [0.3, 0.4) is 0 Å². The molecule has 1 aromatic rings. The van der Waals surface area contributed by atoms with Crippen molar-refractivity contribution in [2.45, 2.75) is 32.4 Å². The summed E-state index contributed by atoms with van der Waals surface area (Å²) in [5, 5.41) is 13.3. The Morgan fingerprint density at radius 1 is 1.17 bits per heavy atom. The Kier molecular flexibility index (Phi) is 4.38. The summed E-state index contributed by atoms with van der Waals surface area (Å²) in [6, 6.07) is 8.46. The lowest BCUT2D eigenvalue weighted by Crippen LogP contribution is -2.43. The Balaban J connectivity index is 2.06. The molecule has 1 aliphatic rings. The van der Waals surface area contributed by atoms with Crippen LogP contribution in [0.15, 0.2) is 24.3 Å². The van der Waals surface area contributed by atoms with Crippen molar-refractivity contribution >= 4 is 0 Å². The molecule has 0 atom stereocenters. The summed E-state index contributed by atoms with van der Waals surface area (Å²) < 4.78 is 0. The molecular formula is C15H24N2O. The topological polar surface area (TPSA) is 35.5 Å². The smallest absolute Gasteiger partial charge is 0.0632 e. The van der Waals surface area contributed by atoms with Crippen LogP contribution in [0, 0.1) is 0 Å². The maximum atomic E-state index is 9.98. The standard InChI is InChI=1S/C15H24N2O/c1-15(2,18)11-13-5-3-4-6-14(13)12-17-9-7-16-8-10-17/h3-6,16,18H,7-12H2,1-2H3. The van der Waals surface area contributed by atoms with E-state index in [2.05, 4.69) is 34.5 Å². The molecule has 3 heteroatoms. The van der Waals surface area contributed by atoms with Gasteiger partial charge < -0.3 is 10.4 Å². The molecule has 2 N–H and O–H groups in total. The molecule has 0 aliphatic carbocycles. The van der Waals surface area contributed by atoms with E-state index >= 15 is 0 Å². The van der Waals surface area contributed by atoms with Crippen LogP contribution in [-0.2, 0) is 13.0 Å². The van der Waals surface area contributed by atoms with Crippen molar-refractivity contribution in [3.63, 3.8) is 0 Å². The monoisotopic (exact) mass is 248 g/mol. The summed E-state index contributed by atoms with van der Waals surface area (Å²) >= 11 is 0. The molecule has 0 radical (unpaired) electrons. The minimum Gasteiger partial charge on any atom is -0.390 e. The second-order valence-electron chi connectivity index (χ2n) is 5.78. The van der Waals surface area contributed by atoms with E-state index in [9.17, 15) is 5.11 Å². The van der Waals surface area contributed by atoms with Gasteiger partial charge in [-0.25, -0.2) is 0 Å². The summed E-state index contributed by atoms with van der Waals surface area (Å²) in [7, 11) is 0. The first kappa shape index (κ1) is 13.5. The molecule has 0 unspecified atom stereocenters. The van der Waals surface area contributed by atoms with E-state index in [4.69, 9.17) is 0 Å². The molecule has 1 heterocycles.